The lowest BCUT2D eigenvalue weighted by molar-refractivity contribution is -0.123. The van der Waals surface area contributed by atoms with Gasteiger partial charge >= 0.3 is 6.09 Å². The minimum absolute atomic E-state index is 0.0377. The predicted octanol–water partition coefficient (Wildman–Crippen LogP) is 3.46. The first-order valence-electron chi connectivity index (χ1n) is 9.39. The summed E-state index contributed by atoms with van der Waals surface area (Å²) in [5, 5.41) is 12.2. The lowest BCUT2D eigenvalue weighted by atomic mass is 9.90. The molecule has 3 rings (SSSR count). The first kappa shape index (κ1) is 19.8. The van der Waals surface area contributed by atoms with Crippen molar-refractivity contribution < 1.29 is 19.1 Å². The summed E-state index contributed by atoms with van der Waals surface area (Å²) in [5.74, 6) is -1.36. The van der Waals surface area contributed by atoms with Crippen LogP contribution >= 0.6 is 0 Å². The molecule has 2 amide bonds. The van der Waals surface area contributed by atoms with Gasteiger partial charge in [-0.3, -0.25) is 4.79 Å². The summed E-state index contributed by atoms with van der Waals surface area (Å²) in [4.78, 5) is 29.5. The average Bonchev–Trinajstić information content (AvgIpc) is 3.16. The fraction of sp³-hybridized carbons (Fsp3) is 0.381. The van der Waals surface area contributed by atoms with Crippen molar-refractivity contribution in [3.8, 4) is 0 Å². The van der Waals surface area contributed by atoms with E-state index in [2.05, 4.69) is 10.3 Å². The van der Waals surface area contributed by atoms with E-state index in [4.69, 9.17) is 0 Å². The third-order valence-corrected chi connectivity index (χ3v) is 5.15. The topological polar surface area (TPSA) is 82.5 Å². The number of carbonyl (C=O) groups is 2. The second kappa shape index (κ2) is 8.82. The average molecular weight is 385 g/mol. The van der Waals surface area contributed by atoms with Crippen LogP contribution in [0.2, 0.25) is 0 Å². The molecule has 2 aromatic rings. The van der Waals surface area contributed by atoms with Gasteiger partial charge < -0.3 is 15.3 Å². The number of aryl methyl sites for hydroxylation is 1. The van der Waals surface area contributed by atoms with Gasteiger partial charge in [0.05, 0.1) is 5.92 Å². The molecule has 1 aromatic heterocycles. The van der Waals surface area contributed by atoms with Crippen LogP contribution in [0.25, 0.3) is 0 Å². The van der Waals surface area contributed by atoms with Gasteiger partial charge in [-0.1, -0.05) is 30.3 Å². The predicted molar refractivity (Wildman–Crippen MR) is 102 cm³/mol. The number of nitrogens with one attached hydrogen (secondary N) is 1. The van der Waals surface area contributed by atoms with Gasteiger partial charge in [-0.25, -0.2) is 9.78 Å². The second-order valence-electron chi connectivity index (χ2n) is 7.15. The van der Waals surface area contributed by atoms with Gasteiger partial charge in [0.1, 0.15) is 0 Å². The minimum atomic E-state index is -0.956. The summed E-state index contributed by atoms with van der Waals surface area (Å²) < 4.78 is 13.9. The molecule has 148 valence electrons. The van der Waals surface area contributed by atoms with Crippen molar-refractivity contribution in [3.63, 3.8) is 0 Å². The van der Waals surface area contributed by atoms with Crippen molar-refractivity contribution in [1.29, 1.82) is 0 Å². The van der Waals surface area contributed by atoms with E-state index in [-0.39, 0.29) is 18.5 Å². The van der Waals surface area contributed by atoms with E-state index in [9.17, 15) is 19.1 Å². The number of halogens is 1. The SMILES string of the molecule is Cc1cnc(F)c(CNC(=O)C(C[C@H]2CCCN2C(=O)O)c2ccccc2)c1. The molecule has 1 aliphatic heterocycles. The van der Waals surface area contributed by atoms with Crippen LogP contribution in [0.15, 0.2) is 42.6 Å². The van der Waals surface area contributed by atoms with E-state index in [1.54, 1.807) is 6.07 Å². The largest absolute Gasteiger partial charge is 0.465 e. The fourth-order valence-electron chi connectivity index (χ4n) is 3.73. The molecule has 2 N–H and O–H groups in total. The highest BCUT2D eigenvalue weighted by Crippen LogP contribution is 2.29. The molecule has 1 aliphatic rings. The third kappa shape index (κ3) is 4.65. The Morgan fingerprint density at radius 1 is 1.36 bits per heavy atom. The van der Waals surface area contributed by atoms with Gasteiger partial charge in [0, 0.05) is 30.9 Å². The highest BCUT2D eigenvalue weighted by atomic mass is 19.1. The number of amides is 2. The minimum Gasteiger partial charge on any atom is -0.465 e. The van der Waals surface area contributed by atoms with E-state index in [0.717, 1.165) is 24.0 Å². The molecule has 6 nitrogen and oxygen atoms in total. The van der Waals surface area contributed by atoms with Gasteiger partial charge in [-0.2, -0.15) is 4.39 Å². The van der Waals surface area contributed by atoms with Crippen LogP contribution < -0.4 is 5.32 Å². The number of carboxylic acid groups (broad SMARTS) is 1. The molecule has 1 fully saturated rings. The Morgan fingerprint density at radius 3 is 2.82 bits per heavy atom. The standard InChI is InChI=1S/C21H24FN3O3/c1-14-10-16(19(22)23-12-14)13-24-20(26)18(15-6-3-2-4-7-15)11-17-8-5-9-25(17)21(27)28/h2-4,6-7,10,12,17-18H,5,8-9,11,13H2,1H3,(H,24,26)(H,27,28)/t17-,18?/m1/s1. The maximum Gasteiger partial charge on any atom is 0.407 e. The van der Waals surface area contributed by atoms with Crippen LogP contribution in [0.1, 0.15) is 41.9 Å². The Hall–Kier alpha value is -2.96. The van der Waals surface area contributed by atoms with Crippen molar-refractivity contribution in [3.05, 3.63) is 65.2 Å². The molecule has 2 atom stereocenters. The molecular formula is C21H24FN3O3. The second-order valence-corrected chi connectivity index (χ2v) is 7.15. The van der Waals surface area contributed by atoms with Crippen molar-refractivity contribution in [2.45, 2.75) is 44.7 Å². The molecule has 0 saturated carbocycles. The Morgan fingerprint density at radius 2 is 2.11 bits per heavy atom. The summed E-state index contributed by atoms with van der Waals surface area (Å²) in [6.07, 6.45) is 2.41. The number of hydrogen-bond donors (Lipinski definition) is 2. The normalized spacial score (nSPS) is 17.4. The Bertz CT molecular complexity index is 844. The fourth-order valence-corrected chi connectivity index (χ4v) is 3.73. The van der Waals surface area contributed by atoms with Crippen LogP contribution in [0, 0.1) is 12.9 Å². The quantitative estimate of drug-likeness (QED) is 0.746. The van der Waals surface area contributed by atoms with Crippen LogP contribution in [0.3, 0.4) is 0 Å². The number of aromatic nitrogens is 1. The van der Waals surface area contributed by atoms with Crippen LogP contribution in [-0.4, -0.2) is 39.6 Å². The van der Waals surface area contributed by atoms with Crippen molar-refractivity contribution in [1.82, 2.24) is 15.2 Å². The maximum atomic E-state index is 13.9. The first-order chi connectivity index (χ1) is 13.5. The summed E-state index contributed by atoms with van der Waals surface area (Å²) in [5.41, 5.74) is 1.96. The highest BCUT2D eigenvalue weighted by molar-refractivity contribution is 5.83. The zero-order valence-electron chi connectivity index (χ0n) is 15.8. The van der Waals surface area contributed by atoms with Crippen molar-refractivity contribution in [2.24, 2.45) is 0 Å². The summed E-state index contributed by atoms with van der Waals surface area (Å²) >= 11 is 0. The van der Waals surface area contributed by atoms with Crippen molar-refractivity contribution in [2.75, 3.05) is 6.54 Å². The van der Waals surface area contributed by atoms with Gasteiger partial charge in [0.2, 0.25) is 11.9 Å². The number of benzene rings is 1. The van der Waals surface area contributed by atoms with E-state index >= 15 is 0 Å². The van der Waals surface area contributed by atoms with E-state index < -0.39 is 18.0 Å². The monoisotopic (exact) mass is 385 g/mol. The van der Waals surface area contributed by atoms with Crippen LogP contribution in [0.4, 0.5) is 9.18 Å². The Kier molecular flexibility index (Phi) is 6.23. The van der Waals surface area contributed by atoms with Gasteiger partial charge in [0.15, 0.2) is 0 Å². The van der Waals surface area contributed by atoms with Gasteiger partial charge in [-0.05, 0) is 43.4 Å². The molecule has 0 radical (unpaired) electrons. The summed E-state index contributed by atoms with van der Waals surface area (Å²) in [6, 6.07) is 10.7. The number of hydrogen-bond acceptors (Lipinski definition) is 3. The summed E-state index contributed by atoms with van der Waals surface area (Å²) in [7, 11) is 0. The highest BCUT2D eigenvalue weighted by Gasteiger charge is 2.33. The maximum absolute atomic E-state index is 13.9. The number of likely N-dealkylation sites (tertiary alicyclic amines) is 1. The molecule has 28 heavy (non-hydrogen) atoms. The zero-order chi connectivity index (χ0) is 20.1. The molecule has 2 heterocycles. The Labute approximate surface area is 163 Å². The molecule has 1 aromatic carbocycles. The number of pyridine rings is 1. The Balaban J connectivity index is 1.76. The third-order valence-electron chi connectivity index (χ3n) is 5.15. The molecule has 1 unspecified atom stereocenters. The number of carbonyl (C=O) groups excluding carboxylic acids is 1. The lowest BCUT2D eigenvalue weighted by Crippen LogP contribution is -2.38. The molecular weight excluding hydrogens is 361 g/mol. The molecule has 0 aliphatic carbocycles. The molecule has 1 saturated heterocycles. The van der Waals surface area contributed by atoms with E-state index in [1.807, 2.05) is 37.3 Å². The van der Waals surface area contributed by atoms with Crippen LogP contribution in [-0.2, 0) is 11.3 Å². The molecule has 7 heteroatoms. The van der Waals surface area contributed by atoms with Crippen LogP contribution in [0.5, 0.6) is 0 Å². The van der Waals surface area contributed by atoms with E-state index in [1.165, 1.54) is 11.1 Å². The first-order valence-corrected chi connectivity index (χ1v) is 9.39. The molecule has 0 spiro atoms. The summed E-state index contributed by atoms with van der Waals surface area (Å²) in [6.45, 7) is 2.34. The van der Waals surface area contributed by atoms with Gasteiger partial charge in [-0.15, -0.1) is 0 Å². The van der Waals surface area contributed by atoms with Crippen molar-refractivity contribution >= 4 is 12.0 Å². The smallest absolute Gasteiger partial charge is 0.407 e. The number of nitrogens with zero attached hydrogens (tertiary/aromatic N) is 2. The van der Waals surface area contributed by atoms with E-state index in [0.29, 0.717) is 18.5 Å². The lowest BCUT2D eigenvalue weighted by Gasteiger charge is -2.26. The zero-order valence-corrected chi connectivity index (χ0v) is 15.8. The van der Waals surface area contributed by atoms with Gasteiger partial charge in [0.25, 0.3) is 0 Å². The number of rotatable bonds is 6. The molecule has 0 bridgehead atoms.